The molecule has 0 radical (unpaired) electrons. The number of anilines is 2. The van der Waals surface area contributed by atoms with Crippen molar-refractivity contribution in [1.82, 2.24) is 20.0 Å². The highest BCUT2D eigenvalue weighted by Crippen LogP contribution is 2.53. The van der Waals surface area contributed by atoms with Crippen LogP contribution in [-0.4, -0.2) is 88.5 Å². The highest BCUT2D eigenvalue weighted by Gasteiger charge is 2.57. The SMILES string of the molecule is CCN1C(=O)[C@@H](NC(=O)CN2C(=O)CSc3ccccc32)[C@@H](C2CC2)c2c(C(=O)N3[C@H](C#N)C[C@H]4C[C@H]43)nn(C3CCOCC3)c21. The Morgan fingerprint density at radius 1 is 1.09 bits per heavy atom. The van der Waals surface area contributed by atoms with E-state index in [1.54, 1.807) is 9.80 Å². The van der Waals surface area contributed by atoms with Crippen LogP contribution < -0.4 is 15.1 Å². The number of aromatic nitrogens is 2. The molecule has 240 valence electrons. The number of carbonyl (C=O) groups is 4. The van der Waals surface area contributed by atoms with E-state index < -0.39 is 23.9 Å². The predicted octanol–water partition coefficient (Wildman–Crippen LogP) is 2.84. The lowest BCUT2D eigenvalue weighted by atomic mass is 9.82. The van der Waals surface area contributed by atoms with Crippen molar-refractivity contribution in [2.75, 3.05) is 41.9 Å². The Morgan fingerprint density at radius 2 is 1.87 bits per heavy atom. The molecule has 2 aliphatic carbocycles. The minimum absolute atomic E-state index is 0.0426. The van der Waals surface area contributed by atoms with Crippen LogP contribution in [0.5, 0.6) is 0 Å². The fourth-order valence-corrected chi connectivity index (χ4v) is 8.98. The first-order valence-corrected chi connectivity index (χ1v) is 17.4. The number of carbonyl (C=O) groups excluding carboxylic acids is 4. The third kappa shape index (κ3) is 4.80. The van der Waals surface area contributed by atoms with E-state index in [1.807, 2.05) is 35.9 Å². The molecular weight excluding hydrogens is 606 g/mol. The van der Waals surface area contributed by atoms with E-state index in [1.165, 1.54) is 16.7 Å². The number of benzene rings is 1. The number of para-hydroxylation sites is 1. The van der Waals surface area contributed by atoms with Gasteiger partial charge < -0.3 is 19.9 Å². The van der Waals surface area contributed by atoms with Gasteiger partial charge in [0.25, 0.3) is 11.8 Å². The molecule has 0 spiro atoms. The van der Waals surface area contributed by atoms with Gasteiger partial charge in [0.05, 0.1) is 23.6 Å². The second kappa shape index (κ2) is 11.4. The number of fused-ring (bicyclic) bond motifs is 3. The second-order valence-corrected chi connectivity index (χ2v) is 14.3. The number of nitriles is 1. The average Bonchev–Trinajstić information content (AvgIpc) is 3.99. The summed E-state index contributed by atoms with van der Waals surface area (Å²) >= 11 is 1.45. The Kier molecular flexibility index (Phi) is 7.32. The standard InChI is InChI=1S/C33H37N7O5S/c1-2-37-31-28(30(36-40(31)20-9-11-45-12-10-20)33(44)39-21(15-34)13-19-14-23(19)39)27(18-7-8-18)29(32(37)43)35-25(41)16-38-22-5-3-4-6-24(22)46-17-26(38)42/h3-6,18-21,23,27,29H,2,7-14,16-17H2,1H3,(H,35,41)/t19-,21-,23+,27-,29-/m0/s1. The zero-order valence-corrected chi connectivity index (χ0v) is 26.6. The van der Waals surface area contributed by atoms with E-state index in [0.717, 1.165) is 24.2 Å². The van der Waals surface area contributed by atoms with Gasteiger partial charge in [0.2, 0.25) is 11.8 Å². The number of hydrogen-bond acceptors (Lipinski definition) is 8. The molecule has 46 heavy (non-hydrogen) atoms. The van der Waals surface area contributed by atoms with Gasteiger partial charge in [-0.3, -0.25) is 24.1 Å². The van der Waals surface area contributed by atoms with Crippen molar-refractivity contribution in [1.29, 1.82) is 5.26 Å². The van der Waals surface area contributed by atoms with E-state index in [2.05, 4.69) is 11.4 Å². The molecule has 1 aromatic heterocycles. The second-order valence-electron chi connectivity index (χ2n) is 13.3. The molecule has 4 fully saturated rings. The van der Waals surface area contributed by atoms with Crippen LogP contribution >= 0.6 is 11.8 Å². The maximum absolute atomic E-state index is 14.5. The Hall–Kier alpha value is -3.89. The van der Waals surface area contributed by atoms with E-state index in [9.17, 15) is 24.4 Å². The van der Waals surface area contributed by atoms with Crippen LogP contribution in [0.25, 0.3) is 0 Å². The van der Waals surface area contributed by atoms with E-state index in [4.69, 9.17) is 9.84 Å². The van der Waals surface area contributed by atoms with Crippen molar-refractivity contribution in [3.63, 3.8) is 0 Å². The molecule has 2 saturated carbocycles. The molecule has 6 aliphatic rings. The van der Waals surface area contributed by atoms with Crippen molar-refractivity contribution >= 4 is 46.9 Å². The minimum Gasteiger partial charge on any atom is -0.381 e. The van der Waals surface area contributed by atoms with Crippen molar-refractivity contribution in [3.05, 3.63) is 35.5 Å². The van der Waals surface area contributed by atoms with Gasteiger partial charge in [0.1, 0.15) is 24.4 Å². The first-order valence-electron chi connectivity index (χ1n) is 16.4. The number of piperidine rings is 1. The third-order valence-electron chi connectivity index (χ3n) is 10.5. The zero-order chi connectivity index (χ0) is 31.7. The topological polar surface area (TPSA) is 141 Å². The van der Waals surface area contributed by atoms with Crippen LogP contribution in [0.4, 0.5) is 11.5 Å². The quantitative estimate of drug-likeness (QED) is 0.486. The normalized spacial score (nSPS) is 28.8. The molecule has 5 atom stereocenters. The van der Waals surface area contributed by atoms with Crippen molar-refractivity contribution in [2.24, 2.45) is 11.8 Å². The molecule has 0 unspecified atom stereocenters. The summed E-state index contributed by atoms with van der Waals surface area (Å²) in [5.41, 5.74) is 1.70. The molecule has 12 nitrogen and oxygen atoms in total. The van der Waals surface area contributed by atoms with Crippen molar-refractivity contribution in [2.45, 2.75) is 80.4 Å². The van der Waals surface area contributed by atoms with Gasteiger partial charge in [-0.25, -0.2) is 4.68 Å². The molecule has 5 heterocycles. The number of likely N-dealkylation sites (tertiary alicyclic amines) is 1. The van der Waals surface area contributed by atoms with Gasteiger partial charge in [-0.05, 0) is 69.4 Å². The van der Waals surface area contributed by atoms with E-state index in [-0.39, 0.29) is 48.0 Å². The third-order valence-corrected chi connectivity index (χ3v) is 11.5. The fraction of sp³-hybridized carbons (Fsp3) is 0.576. The van der Waals surface area contributed by atoms with Crippen LogP contribution in [0.3, 0.4) is 0 Å². The molecule has 13 heteroatoms. The lowest BCUT2D eigenvalue weighted by molar-refractivity contribution is -0.128. The van der Waals surface area contributed by atoms with Crippen LogP contribution in [0.15, 0.2) is 29.2 Å². The molecule has 1 aromatic carbocycles. The average molecular weight is 644 g/mol. The van der Waals surface area contributed by atoms with Gasteiger partial charge in [-0.2, -0.15) is 10.4 Å². The van der Waals surface area contributed by atoms with Crippen LogP contribution in [0.2, 0.25) is 0 Å². The smallest absolute Gasteiger partial charge is 0.276 e. The van der Waals surface area contributed by atoms with Crippen LogP contribution in [0.1, 0.15) is 73.5 Å². The lowest BCUT2D eigenvalue weighted by Gasteiger charge is -2.40. The van der Waals surface area contributed by atoms with Crippen molar-refractivity contribution in [3.8, 4) is 6.07 Å². The Morgan fingerprint density at radius 3 is 2.61 bits per heavy atom. The number of ether oxygens (including phenoxy) is 1. The number of nitrogens with one attached hydrogen (secondary N) is 1. The maximum Gasteiger partial charge on any atom is 0.276 e. The van der Waals surface area contributed by atoms with Gasteiger partial charge in [-0.15, -0.1) is 11.8 Å². The summed E-state index contributed by atoms with van der Waals surface area (Å²) in [5, 5.41) is 18.0. The van der Waals surface area contributed by atoms with E-state index in [0.29, 0.717) is 67.7 Å². The minimum atomic E-state index is -0.908. The predicted molar refractivity (Wildman–Crippen MR) is 168 cm³/mol. The summed E-state index contributed by atoms with van der Waals surface area (Å²) in [7, 11) is 0. The summed E-state index contributed by atoms with van der Waals surface area (Å²) in [6.07, 6.45) is 4.74. The zero-order valence-electron chi connectivity index (χ0n) is 25.8. The van der Waals surface area contributed by atoms with Gasteiger partial charge in [0, 0.05) is 42.2 Å². The number of rotatable bonds is 7. The largest absolute Gasteiger partial charge is 0.381 e. The summed E-state index contributed by atoms with van der Waals surface area (Å²) in [6.45, 7) is 3.16. The summed E-state index contributed by atoms with van der Waals surface area (Å²) in [6, 6.07) is 8.44. The summed E-state index contributed by atoms with van der Waals surface area (Å²) in [5.74, 6) is -0.188. The number of nitrogens with zero attached hydrogens (tertiary/aromatic N) is 6. The Bertz CT molecular complexity index is 1660. The number of amides is 4. The molecule has 8 rings (SSSR count). The monoisotopic (exact) mass is 643 g/mol. The maximum atomic E-state index is 14.5. The summed E-state index contributed by atoms with van der Waals surface area (Å²) < 4.78 is 7.51. The molecule has 2 aromatic rings. The molecule has 4 amide bonds. The Labute approximate surface area is 271 Å². The highest BCUT2D eigenvalue weighted by atomic mass is 32.2. The fourth-order valence-electron chi connectivity index (χ4n) is 8.05. The van der Waals surface area contributed by atoms with Gasteiger partial charge in [-0.1, -0.05) is 12.1 Å². The molecule has 1 N–H and O–H groups in total. The molecule has 0 bridgehead atoms. The molecule has 2 saturated heterocycles. The lowest BCUT2D eigenvalue weighted by Crippen LogP contribution is -2.57. The van der Waals surface area contributed by atoms with Crippen LogP contribution in [-0.2, 0) is 19.1 Å². The number of likely N-dealkylation sites (N-methyl/N-ethyl adjacent to an activating group) is 1. The van der Waals surface area contributed by atoms with Crippen molar-refractivity contribution < 1.29 is 23.9 Å². The van der Waals surface area contributed by atoms with E-state index >= 15 is 0 Å². The number of thioether (sulfide) groups is 1. The summed E-state index contributed by atoms with van der Waals surface area (Å²) in [4.78, 5) is 61.4. The molecule has 4 aliphatic heterocycles. The Balaban J connectivity index is 1.18. The van der Waals surface area contributed by atoms with Gasteiger partial charge >= 0.3 is 0 Å². The number of hydrogen-bond donors (Lipinski definition) is 1. The first-order chi connectivity index (χ1) is 22.4. The highest BCUT2D eigenvalue weighted by molar-refractivity contribution is 8.00. The van der Waals surface area contributed by atoms with Crippen LogP contribution in [0, 0.1) is 23.2 Å². The first kappa shape index (κ1) is 29.5. The molecular formula is C33H37N7O5S. The van der Waals surface area contributed by atoms with Gasteiger partial charge in [0.15, 0.2) is 5.69 Å².